The van der Waals surface area contributed by atoms with Crippen molar-refractivity contribution in [2.75, 3.05) is 0 Å². The number of hydrogen-bond donors (Lipinski definition) is 0. The fourth-order valence-electron chi connectivity index (χ4n) is 1.30. The summed E-state index contributed by atoms with van der Waals surface area (Å²) in [6.07, 6.45) is -0.319. The number of nitriles is 1. The Morgan fingerprint density at radius 2 is 1.94 bits per heavy atom. The van der Waals surface area contributed by atoms with Crippen molar-refractivity contribution < 1.29 is 17.9 Å². The van der Waals surface area contributed by atoms with E-state index in [-0.39, 0.29) is 5.56 Å². The van der Waals surface area contributed by atoms with Gasteiger partial charge in [-0.15, -0.1) is 13.2 Å². The van der Waals surface area contributed by atoms with E-state index in [2.05, 4.69) is 11.7 Å². The first-order valence-electron chi connectivity index (χ1n) is 5.71. The number of nitrogens with zero attached hydrogens (tertiary/aromatic N) is 1. The maximum Gasteiger partial charge on any atom is 0.573 e. The predicted molar refractivity (Wildman–Crippen MR) is 60.9 cm³/mol. The molecule has 0 radical (unpaired) electrons. The quantitative estimate of drug-likeness (QED) is 0.792. The SMILES string of the molecule is CCC1CC1.N#Cc1ccccc1OC(F)(F)F. The van der Waals surface area contributed by atoms with Gasteiger partial charge in [0.05, 0.1) is 5.56 Å². The minimum atomic E-state index is -4.76. The molecule has 0 N–H and O–H groups in total. The van der Waals surface area contributed by atoms with Crippen LogP contribution in [0.25, 0.3) is 0 Å². The molecule has 0 saturated heterocycles. The van der Waals surface area contributed by atoms with E-state index in [1.165, 1.54) is 37.5 Å². The van der Waals surface area contributed by atoms with Gasteiger partial charge in [-0.2, -0.15) is 5.26 Å². The molecule has 0 unspecified atom stereocenters. The van der Waals surface area contributed by atoms with E-state index in [1.807, 2.05) is 0 Å². The number of alkyl halides is 3. The van der Waals surface area contributed by atoms with E-state index < -0.39 is 12.1 Å². The highest BCUT2D eigenvalue weighted by molar-refractivity contribution is 5.42. The van der Waals surface area contributed by atoms with Crippen LogP contribution in [-0.4, -0.2) is 6.36 Å². The summed E-state index contributed by atoms with van der Waals surface area (Å²) in [6.45, 7) is 2.26. The molecule has 0 amide bonds. The van der Waals surface area contributed by atoms with Crippen LogP contribution in [0.2, 0.25) is 0 Å². The summed E-state index contributed by atoms with van der Waals surface area (Å²) in [6, 6.07) is 6.76. The monoisotopic (exact) mass is 257 g/mol. The number of halogens is 3. The highest BCUT2D eigenvalue weighted by Gasteiger charge is 2.31. The van der Waals surface area contributed by atoms with Gasteiger partial charge in [0.2, 0.25) is 0 Å². The number of benzene rings is 1. The van der Waals surface area contributed by atoms with Crippen LogP contribution in [0.5, 0.6) is 5.75 Å². The van der Waals surface area contributed by atoms with Gasteiger partial charge in [0.15, 0.2) is 0 Å². The van der Waals surface area contributed by atoms with Gasteiger partial charge in [-0.25, -0.2) is 0 Å². The number of hydrogen-bond acceptors (Lipinski definition) is 2. The van der Waals surface area contributed by atoms with Crippen molar-refractivity contribution in [3.8, 4) is 11.8 Å². The number of rotatable bonds is 2. The highest BCUT2D eigenvalue weighted by atomic mass is 19.4. The molecule has 5 heteroatoms. The van der Waals surface area contributed by atoms with E-state index in [0.717, 1.165) is 12.0 Å². The topological polar surface area (TPSA) is 33.0 Å². The van der Waals surface area contributed by atoms with Gasteiger partial charge in [-0.3, -0.25) is 0 Å². The van der Waals surface area contributed by atoms with Crippen LogP contribution in [0.1, 0.15) is 31.7 Å². The lowest BCUT2D eigenvalue weighted by Crippen LogP contribution is -2.17. The summed E-state index contributed by atoms with van der Waals surface area (Å²) in [5, 5.41) is 8.42. The van der Waals surface area contributed by atoms with Crippen molar-refractivity contribution in [2.45, 2.75) is 32.5 Å². The van der Waals surface area contributed by atoms with E-state index in [9.17, 15) is 13.2 Å². The average molecular weight is 257 g/mol. The van der Waals surface area contributed by atoms with Gasteiger partial charge in [0, 0.05) is 0 Å². The maximum atomic E-state index is 11.7. The Morgan fingerprint density at radius 1 is 1.33 bits per heavy atom. The van der Waals surface area contributed by atoms with Gasteiger partial charge in [-0.05, 0) is 18.1 Å². The molecular formula is C13H14F3NO. The predicted octanol–water partition coefficient (Wildman–Crippen LogP) is 4.26. The van der Waals surface area contributed by atoms with E-state index in [1.54, 1.807) is 6.07 Å². The van der Waals surface area contributed by atoms with Crippen LogP contribution < -0.4 is 4.74 Å². The first-order chi connectivity index (χ1) is 8.46. The molecular weight excluding hydrogens is 243 g/mol. The lowest BCUT2D eigenvalue weighted by molar-refractivity contribution is -0.274. The Labute approximate surface area is 104 Å². The molecule has 1 aliphatic carbocycles. The van der Waals surface area contributed by atoms with Crippen molar-refractivity contribution in [2.24, 2.45) is 5.92 Å². The minimum absolute atomic E-state index is 0.139. The molecule has 1 aromatic rings. The smallest absolute Gasteiger partial charge is 0.404 e. The van der Waals surface area contributed by atoms with Crippen LogP contribution in [0, 0.1) is 17.2 Å². The van der Waals surface area contributed by atoms with Gasteiger partial charge >= 0.3 is 6.36 Å². The molecule has 2 nitrogen and oxygen atoms in total. The molecule has 0 bridgehead atoms. The Kier molecular flexibility index (Phi) is 5.02. The molecule has 2 rings (SSSR count). The highest BCUT2D eigenvalue weighted by Crippen LogP contribution is 2.31. The maximum absolute atomic E-state index is 11.7. The second-order valence-corrected chi connectivity index (χ2v) is 4.01. The fourth-order valence-corrected chi connectivity index (χ4v) is 1.30. The Bertz CT molecular complexity index is 419. The van der Waals surface area contributed by atoms with Crippen LogP contribution in [-0.2, 0) is 0 Å². The Balaban J connectivity index is 0.000000269. The summed E-state index contributed by atoms with van der Waals surface area (Å²) in [5.74, 6) is 0.660. The summed E-state index contributed by atoms with van der Waals surface area (Å²) in [7, 11) is 0. The second-order valence-electron chi connectivity index (χ2n) is 4.01. The molecule has 1 fully saturated rings. The summed E-state index contributed by atoms with van der Waals surface area (Å²) in [5.41, 5.74) is -0.139. The molecule has 18 heavy (non-hydrogen) atoms. The number of para-hydroxylation sites is 1. The molecule has 0 heterocycles. The summed E-state index contributed by atoms with van der Waals surface area (Å²) < 4.78 is 38.8. The minimum Gasteiger partial charge on any atom is -0.404 e. The van der Waals surface area contributed by atoms with Gasteiger partial charge in [0.25, 0.3) is 0 Å². The molecule has 0 aromatic heterocycles. The first kappa shape index (κ1) is 14.4. The van der Waals surface area contributed by atoms with Gasteiger partial charge in [0.1, 0.15) is 11.8 Å². The van der Waals surface area contributed by atoms with Crippen molar-refractivity contribution >= 4 is 0 Å². The van der Waals surface area contributed by atoms with Crippen LogP contribution in [0.15, 0.2) is 24.3 Å². The lowest BCUT2D eigenvalue weighted by Gasteiger charge is -2.09. The largest absolute Gasteiger partial charge is 0.573 e. The zero-order valence-corrected chi connectivity index (χ0v) is 10.00. The first-order valence-corrected chi connectivity index (χ1v) is 5.71. The third kappa shape index (κ3) is 5.58. The van der Waals surface area contributed by atoms with Crippen molar-refractivity contribution in [3.63, 3.8) is 0 Å². The van der Waals surface area contributed by atoms with E-state index in [4.69, 9.17) is 5.26 Å². The molecule has 1 saturated carbocycles. The molecule has 98 valence electrons. The van der Waals surface area contributed by atoms with E-state index >= 15 is 0 Å². The third-order valence-electron chi connectivity index (χ3n) is 2.51. The zero-order valence-electron chi connectivity index (χ0n) is 10.00. The molecule has 0 spiro atoms. The van der Waals surface area contributed by atoms with Crippen molar-refractivity contribution in [1.29, 1.82) is 5.26 Å². The molecule has 1 aromatic carbocycles. The summed E-state index contributed by atoms with van der Waals surface area (Å²) >= 11 is 0. The second kappa shape index (κ2) is 6.29. The fraction of sp³-hybridized carbons (Fsp3) is 0.462. The standard InChI is InChI=1S/C8H4F3NO.C5H10/c9-8(10,11)13-7-4-2-1-3-6(7)5-12;1-2-5-3-4-5/h1-4H;5H,2-4H2,1H3. The van der Waals surface area contributed by atoms with Crippen LogP contribution in [0.4, 0.5) is 13.2 Å². The van der Waals surface area contributed by atoms with Crippen LogP contribution in [0.3, 0.4) is 0 Å². The Hall–Kier alpha value is -1.70. The molecule has 1 aliphatic rings. The van der Waals surface area contributed by atoms with Crippen molar-refractivity contribution in [3.05, 3.63) is 29.8 Å². The van der Waals surface area contributed by atoms with E-state index in [0.29, 0.717) is 0 Å². The summed E-state index contributed by atoms with van der Waals surface area (Å²) in [4.78, 5) is 0. The number of ether oxygens (including phenoxy) is 1. The average Bonchev–Trinajstić information content (AvgIpc) is 3.12. The molecule has 0 atom stereocenters. The van der Waals surface area contributed by atoms with Crippen molar-refractivity contribution in [1.82, 2.24) is 0 Å². The van der Waals surface area contributed by atoms with Gasteiger partial charge < -0.3 is 4.74 Å². The third-order valence-corrected chi connectivity index (χ3v) is 2.51. The van der Waals surface area contributed by atoms with Gasteiger partial charge in [-0.1, -0.05) is 38.3 Å². The lowest BCUT2D eigenvalue weighted by atomic mass is 10.2. The molecule has 0 aliphatic heterocycles. The zero-order chi connectivity index (χ0) is 13.6. The normalized spacial score (nSPS) is 14.2. The Morgan fingerprint density at radius 3 is 2.33 bits per heavy atom. The van der Waals surface area contributed by atoms with Crippen LogP contribution >= 0.6 is 0 Å².